The van der Waals surface area contributed by atoms with Gasteiger partial charge in [0.1, 0.15) is 0 Å². The summed E-state index contributed by atoms with van der Waals surface area (Å²) in [5, 5.41) is 2.36. The highest BCUT2D eigenvalue weighted by Gasteiger charge is 2.03. The molecule has 0 saturated heterocycles. The van der Waals surface area contributed by atoms with E-state index in [9.17, 15) is 9.59 Å². The first-order valence-corrected chi connectivity index (χ1v) is 4.41. The van der Waals surface area contributed by atoms with Crippen LogP contribution in [0.25, 0.3) is 0 Å². The molecule has 1 rings (SSSR count). The molecule has 0 amide bonds. The Morgan fingerprint density at radius 3 is 2.55 bits per heavy atom. The Kier molecular flexibility index (Phi) is 2.23. The van der Waals surface area contributed by atoms with Gasteiger partial charge in [-0.15, -0.1) is 11.8 Å². The molecule has 11 heavy (non-hydrogen) atoms. The topological polar surface area (TPSA) is 59.8 Å². The number of nitrogens with zero attached hydrogens (tertiary/aromatic N) is 2. The molecule has 0 spiro atoms. The zero-order chi connectivity index (χ0) is 8.43. The van der Waals surface area contributed by atoms with Crippen molar-refractivity contribution in [1.82, 2.24) is 14.3 Å². The van der Waals surface area contributed by atoms with Crippen LogP contribution in [0.2, 0.25) is 0 Å². The molecule has 0 fully saturated rings. The zero-order valence-corrected chi connectivity index (χ0v) is 7.14. The van der Waals surface area contributed by atoms with Gasteiger partial charge in [0.25, 0.3) is 0 Å². The van der Waals surface area contributed by atoms with Gasteiger partial charge in [-0.25, -0.2) is 23.9 Å². The van der Waals surface area contributed by atoms with Crippen molar-refractivity contribution in [3.8, 4) is 0 Å². The largest absolute Gasteiger partial charge is 0.347 e. The first-order valence-electron chi connectivity index (χ1n) is 3.01. The molecule has 0 aliphatic heterocycles. The Balaban J connectivity index is 3.24. The van der Waals surface area contributed by atoms with E-state index >= 15 is 0 Å². The smallest absolute Gasteiger partial charge is 0.246 e. The summed E-state index contributed by atoms with van der Waals surface area (Å²) in [5.74, 6) is 0.398. The van der Waals surface area contributed by atoms with Crippen LogP contribution in [-0.2, 0) is 12.9 Å². The Morgan fingerprint density at radius 1 is 1.55 bits per heavy atom. The van der Waals surface area contributed by atoms with E-state index in [1.165, 1.54) is 23.5 Å². The third kappa shape index (κ3) is 1.40. The summed E-state index contributed by atoms with van der Waals surface area (Å²) in [5.41, 5.74) is -0.656. The summed E-state index contributed by atoms with van der Waals surface area (Å²) < 4.78 is 2.31. The van der Waals surface area contributed by atoms with Crippen molar-refractivity contribution in [2.75, 3.05) is 6.26 Å². The van der Waals surface area contributed by atoms with E-state index in [0.717, 1.165) is 4.57 Å². The van der Waals surface area contributed by atoms with Gasteiger partial charge < -0.3 is 0 Å². The Morgan fingerprint density at radius 2 is 2.18 bits per heavy atom. The van der Waals surface area contributed by atoms with Crippen molar-refractivity contribution in [3.63, 3.8) is 0 Å². The Bertz CT molecular complexity index is 347. The van der Waals surface area contributed by atoms with E-state index in [1.807, 2.05) is 6.26 Å². The Labute approximate surface area is 67.0 Å². The number of aromatic amines is 1. The summed E-state index contributed by atoms with van der Waals surface area (Å²) in [7, 11) is 1.51. The van der Waals surface area contributed by atoms with E-state index in [0.29, 0.717) is 5.88 Å². The van der Waals surface area contributed by atoms with E-state index in [-0.39, 0.29) is 11.4 Å². The molecule has 1 heterocycles. The SMILES string of the molecule is CSCn1c(=O)[nH]n(C)c1=O. The van der Waals surface area contributed by atoms with Crippen LogP contribution in [-0.4, -0.2) is 20.6 Å². The lowest BCUT2D eigenvalue weighted by Gasteiger charge is -1.91. The van der Waals surface area contributed by atoms with Crippen molar-refractivity contribution in [1.29, 1.82) is 0 Å². The normalized spacial score (nSPS) is 10.4. The van der Waals surface area contributed by atoms with Crippen LogP contribution in [0.3, 0.4) is 0 Å². The fraction of sp³-hybridized carbons (Fsp3) is 0.600. The highest BCUT2D eigenvalue weighted by atomic mass is 32.2. The summed E-state index contributed by atoms with van der Waals surface area (Å²) in [6, 6.07) is 0. The standard InChI is InChI=1S/C5H9N3O2S/c1-7-5(10)8(3-11-2)4(9)6-7/h3H2,1-2H3,(H,6,9). The van der Waals surface area contributed by atoms with E-state index in [4.69, 9.17) is 0 Å². The molecule has 0 aliphatic carbocycles. The number of hydrogen-bond acceptors (Lipinski definition) is 3. The molecule has 1 N–H and O–H groups in total. The lowest BCUT2D eigenvalue weighted by molar-refractivity contribution is 0.711. The molecule has 0 radical (unpaired) electrons. The second-order valence-corrected chi connectivity index (χ2v) is 2.94. The number of hydrogen-bond donors (Lipinski definition) is 1. The molecule has 0 aliphatic rings. The second kappa shape index (κ2) is 3.00. The van der Waals surface area contributed by atoms with Crippen LogP contribution in [0.15, 0.2) is 9.59 Å². The minimum atomic E-state index is -0.355. The number of nitrogens with one attached hydrogen (secondary N) is 1. The number of rotatable bonds is 2. The monoisotopic (exact) mass is 175 g/mol. The molecule has 5 nitrogen and oxygen atoms in total. The minimum absolute atomic E-state index is 0.302. The van der Waals surface area contributed by atoms with Gasteiger partial charge in [-0.05, 0) is 6.26 Å². The van der Waals surface area contributed by atoms with Gasteiger partial charge in [0.05, 0.1) is 5.88 Å². The maximum Gasteiger partial charge on any atom is 0.347 e. The van der Waals surface area contributed by atoms with Gasteiger partial charge in [-0.3, -0.25) is 0 Å². The third-order valence-corrected chi connectivity index (χ3v) is 1.80. The van der Waals surface area contributed by atoms with Gasteiger partial charge in [-0.1, -0.05) is 0 Å². The summed E-state index contributed by atoms with van der Waals surface area (Å²) >= 11 is 1.43. The van der Waals surface area contributed by atoms with Crippen LogP contribution in [0.1, 0.15) is 0 Å². The minimum Gasteiger partial charge on any atom is -0.246 e. The predicted molar refractivity (Wildman–Crippen MR) is 43.8 cm³/mol. The van der Waals surface area contributed by atoms with E-state index in [1.54, 1.807) is 0 Å². The van der Waals surface area contributed by atoms with Gasteiger partial charge in [-0.2, -0.15) is 0 Å². The number of aromatic nitrogens is 3. The predicted octanol–water partition coefficient (Wildman–Crippen LogP) is -0.804. The molecule has 0 bridgehead atoms. The van der Waals surface area contributed by atoms with Gasteiger partial charge in [0.15, 0.2) is 0 Å². The number of thioether (sulfide) groups is 1. The maximum absolute atomic E-state index is 11.1. The molecular formula is C5H9N3O2S. The molecular weight excluding hydrogens is 166 g/mol. The van der Waals surface area contributed by atoms with Crippen molar-refractivity contribution in [2.45, 2.75) is 5.88 Å². The van der Waals surface area contributed by atoms with Crippen molar-refractivity contribution in [3.05, 3.63) is 21.0 Å². The van der Waals surface area contributed by atoms with E-state index < -0.39 is 0 Å². The average molecular weight is 175 g/mol. The summed E-state index contributed by atoms with van der Waals surface area (Å²) in [6.45, 7) is 0. The highest BCUT2D eigenvalue weighted by Crippen LogP contribution is 1.90. The fourth-order valence-electron chi connectivity index (χ4n) is 0.763. The molecule has 0 saturated carbocycles. The van der Waals surface area contributed by atoms with Gasteiger partial charge in [0, 0.05) is 7.05 Å². The first-order chi connectivity index (χ1) is 5.16. The second-order valence-electron chi connectivity index (χ2n) is 2.10. The first kappa shape index (κ1) is 8.19. The van der Waals surface area contributed by atoms with Gasteiger partial charge in [0.2, 0.25) is 0 Å². The molecule has 0 atom stereocenters. The van der Waals surface area contributed by atoms with Crippen LogP contribution in [0.5, 0.6) is 0 Å². The van der Waals surface area contributed by atoms with Gasteiger partial charge >= 0.3 is 11.4 Å². The van der Waals surface area contributed by atoms with Crippen LogP contribution in [0, 0.1) is 0 Å². The molecule has 0 unspecified atom stereocenters. The van der Waals surface area contributed by atoms with E-state index in [2.05, 4.69) is 5.10 Å². The highest BCUT2D eigenvalue weighted by molar-refractivity contribution is 7.97. The number of H-pyrrole nitrogens is 1. The summed E-state index contributed by atoms with van der Waals surface area (Å²) in [4.78, 5) is 22.0. The molecule has 0 aromatic carbocycles. The average Bonchev–Trinajstić information content (AvgIpc) is 2.17. The number of aryl methyl sites for hydroxylation is 1. The molecule has 62 valence electrons. The summed E-state index contributed by atoms with van der Waals surface area (Å²) in [6.07, 6.45) is 1.83. The van der Waals surface area contributed by atoms with Crippen molar-refractivity contribution in [2.24, 2.45) is 7.05 Å². The maximum atomic E-state index is 11.1. The van der Waals surface area contributed by atoms with Crippen LogP contribution in [0.4, 0.5) is 0 Å². The van der Waals surface area contributed by atoms with Crippen LogP contribution < -0.4 is 11.4 Å². The molecule has 6 heteroatoms. The molecule has 1 aromatic heterocycles. The van der Waals surface area contributed by atoms with Crippen molar-refractivity contribution < 1.29 is 0 Å². The lowest BCUT2D eigenvalue weighted by Crippen LogP contribution is -2.26. The zero-order valence-electron chi connectivity index (χ0n) is 6.33. The lowest BCUT2D eigenvalue weighted by atomic mass is 11.0. The fourth-order valence-corrected chi connectivity index (χ4v) is 1.25. The molecule has 1 aromatic rings. The Hall–Kier alpha value is -0.910. The quantitative estimate of drug-likeness (QED) is 0.640. The third-order valence-electron chi connectivity index (χ3n) is 1.28. The van der Waals surface area contributed by atoms with Crippen LogP contribution >= 0.6 is 11.8 Å². The van der Waals surface area contributed by atoms with Crippen molar-refractivity contribution >= 4 is 11.8 Å².